The van der Waals surface area contributed by atoms with Crippen molar-refractivity contribution in [3.63, 3.8) is 0 Å². The molecule has 30 heavy (non-hydrogen) atoms. The molecule has 0 aliphatic heterocycles. The van der Waals surface area contributed by atoms with Crippen LogP contribution in [0, 0.1) is 13.8 Å². The Balaban J connectivity index is 1.89. The normalized spacial score (nSPS) is 11.4. The van der Waals surface area contributed by atoms with E-state index in [4.69, 9.17) is 0 Å². The maximum Gasteiger partial charge on any atom is 0.313 e. The Bertz CT molecular complexity index is 998. The zero-order valence-electron chi connectivity index (χ0n) is 17.9. The van der Waals surface area contributed by atoms with Crippen LogP contribution in [0.25, 0.3) is 0 Å². The first-order chi connectivity index (χ1) is 14.2. The summed E-state index contributed by atoms with van der Waals surface area (Å²) in [6.07, 6.45) is 0.480. The quantitative estimate of drug-likeness (QED) is 0.628. The molecule has 2 rings (SSSR count). The summed E-state index contributed by atoms with van der Waals surface area (Å²) in [5.74, 6) is -1.43. The van der Waals surface area contributed by atoms with Crippen LogP contribution in [0.1, 0.15) is 30.5 Å². The van der Waals surface area contributed by atoms with Crippen LogP contribution in [0.15, 0.2) is 47.4 Å². The summed E-state index contributed by atoms with van der Waals surface area (Å²) in [6, 6.07) is 12.2. The van der Waals surface area contributed by atoms with Crippen molar-refractivity contribution in [2.45, 2.75) is 39.0 Å². The van der Waals surface area contributed by atoms with Gasteiger partial charge in [0, 0.05) is 25.3 Å². The molecule has 2 aromatic rings. The molecular weight excluding hydrogens is 402 g/mol. The highest BCUT2D eigenvalue weighted by Crippen LogP contribution is 2.17. The van der Waals surface area contributed by atoms with E-state index in [1.165, 1.54) is 4.31 Å². The lowest BCUT2D eigenvalue weighted by atomic mass is 10.1. The molecule has 162 valence electrons. The lowest BCUT2D eigenvalue weighted by Crippen LogP contribution is -2.36. The molecule has 0 unspecified atom stereocenters. The van der Waals surface area contributed by atoms with Gasteiger partial charge in [-0.05, 0) is 55.2 Å². The van der Waals surface area contributed by atoms with Gasteiger partial charge in [-0.2, -0.15) is 4.31 Å². The van der Waals surface area contributed by atoms with E-state index in [1.807, 2.05) is 32.0 Å². The van der Waals surface area contributed by atoms with Crippen molar-refractivity contribution in [3.05, 3.63) is 59.2 Å². The van der Waals surface area contributed by atoms with Gasteiger partial charge >= 0.3 is 11.8 Å². The van der Waals surface area contributed by atoms with E-state index in [1.54, 1.807) is 38.1 Å². The van der Waals surface area contributed by atoms with Crippen LogP contribution in [0.4, 0.5) is 5.69 Å². The smallest absolute Gasteiger partial charge is 0.313 e. The summed E-state index contributed by atoms with van der Waals surface area (Å²) in [5.41, 5.74) is 3.34. The van der Waals surface area contributed by atoms with Crippen molar-refractivity contribution in [2.24, 2.45) is 0 Å². The van der Waals surface area contributed by atoms with Gasteiger partial charge in [-0.3, -0.25) is 9.59 Å². The first-order valence-corrected chi connectivity index (χ1v) is 11.4. The second kappa shape index (κ2) is 10.4. The van der Waals surface area contributed by atoms with E-state index in [0.29, 0.717) is 25.2 Å². The third kappa shape index (κ3) is 5.90. The lowest BCUT2D eigenvalue weighted by Gasteiger charge is -2.18. The van der Waals surface area contributed by atoms with Gasteiger partial charge in [-0.15, -0.1) is 0 Å². The molecular formula is C22H29N3O4S. The Hall–Kier alpha value is -2.71. The maximum atomic E-state index is 12.5. The van der Waals surface area contributed by atoms with Crippen molar-refractivity contribution in [3.8, 4) is 0 Å². The van der Waals surface area contributed by atoms with E-state index in [0.717, 1.165) is 16.7 Å². The summed E-state index contributed by atoms with van der Waals surface area (Å²) in [5, 5.41) is 5.21. The minimum absolute atomic E-state index is 0.242. The largest absolute Gasteiger partial charge is 0.347 e. The van der Waals surface area contributed by atoms with Crippen LogP contribution < -0.4 is 10.6 Å². The second-order valence-corrected chi connectivity index (χ2v) is 8.95. The van der Waals surface area contributed by atoms with E-state index < -0.39 is 21.8 Å². The van der Waals surface area contributed by atoms with Gasteiger partial charge in [0.2, 0.25) is 10.0 Å². The lowest BCUT2D eigenvalue weighted by molar-refractivity contribution is -0.136. The predicted octanol–water partition coefficient (Wildman–Crippen LogP) is 2.63. The van der Waals surface area contributed by atoms with Crippen molar-refractivity contribution < 1.29 is 18.0 Å². The van der Waals surface area contributed by atoms with Crippen molar-refractivity contribution in [1.82, 2.24) is 9.62 Å². The topological polar surface area (TPSA) is 95.6 Å². The van der Waals surface area contributed by atoms with E-state index in [9.17, 15) is 18.0 Å². The van der Waals surface area contributed by atoms with Gasteiger partial charge in [0.25, 0.3) is 0 Å². The minimum Gasteiger partial charge on any atom is -0.347 e. The Morgan fingerprint density at radius 1 is 0.933 bits per heavy atom. The summed E-state index contributed by atoms with van der Waals surface area (Å²) in [6.45, 7) is 8.46. The molecule has 2 amide bonds. The van der Waals surface area contributed by atoms with Crippen LogP contribution in [-0.4, -0.2) is 44.2 Å². The van der Waals surface area contributed by atoms with Crippen LogP contribution in [0.5, 0.6) is 0 Å². The minimum atomic E-state index is -3.49. The highest BCUT2D eigenvalue weighted by atomic mass is 32.2. The number of carbonyl (C=O) groups is 2. The van der Waals surface area contributed by atoms with Gasteiger partial charge in [-0.25, -0.2) is 8.42 Å². The molecule has 0 spiro atoms. The number of benzene rings is 2. The van der Waals surface area contributed by atoms with Crippen LogP contribution in [-0.2, 0) is 26.0 Å². The molecule has 0 atom stereocenters. The van der Waals surface area contributed by atoms with Crippen LogP contribution in [0.3, 0.4) is 0 Å². The van der Waals surface area contributed by atoms with Crippen molar-refractivity contribution in [1.29, 1.82) is 0 Å². The molecule has 8 heteroatoms. The molecule has 0 fully saturated rings. The molecule has 0 radical (unpaired) electrons. The number of sulfonamides is 1. The predicted molar refractivity (Wildman–Crippen MR) is 118 cm³/mol. The number of nitrogens with zero attached hydrogens (tertiary/aromatic N) is 1. The molecule has 0 aliphatic rings. The van der Waals surface area contributed by atoms with Crippen LogP contribution >= 0.6 is 0 Å². The molecule has 0 saturated heterocycles. The number of nitrogens with one attached hydrogen (secondary N) is 2. The molecule has 0 saturated carbocycles. The molecule has 0 bridgehead atoms. The fraction of sp³-hybridized carbons (Fsp3) is 0.364. The first-order valence-electron chi connectivity index (χ1n) is 9.94. The zero-order chi connectivity index (χ0) is 22.3. The third-order valence-electron chi connectivity index (χ3n) is 4.81. The number of hydrogen-bond donors (Lipinski definition) is 2. The Morgan fingerprint density at radius 3 is 2.17 bits per heavy atom. The van der Waals surface area contributed by atoms with Gasteiger partial charge in [0.1, 0.15) is 0 Å². The van der Waals surface area contributed by atoms with Crippen molar-refractivity contribution >= 4 is 27.5 Å². The Kier molecular flexibility index (Phi) is 8.14. The zero-order valence-corrected chi connectivity index (χ0v) is 18.7. The SMILES string of the molecule is CCN(CC)S(=O)(=O)c1ccc(CCNC(=O)C(=O)Nc2cc(C)ccc2C)cc1. The number of aryl methyl sites for hydroxylation is 2. The highest BCUT2D eigenvalue weighted by Gasteiger charge is 2.21. The maximum absolute atomic E-state index is 12.5. The fourth-order valence-electron chi connectivity index (χ4n) is 2.99. The first kappa shape index (κ1) is 23.6. The molecule has 0 aromatic heterocycles. The molecule has 7 nitrogen and oxygen atoms in total. The summed E-state index contributed by atoms with van der Waals surface area (Å²) in [4.78, 5) is 24.4. The Labute approximate surface area is 178 Å². The van der Waals surface area contributed by atoms with E-state index in [2.05, 4.69) is 10.6 Å². The number of amides is 2. The summed E-state index contributed by atoms with van der Waals surface area (Å²) < 4.78 is 26.4. The average molecular weight is 432 g/mol. The average Bonchev–Trinajstić information content (AvgIpc) is 2.71. The summed E-state index contributed by atoms with van der Waals surface area (Å²) >= 11 is 0. The van der Waals surface area contributed by atoms with Crippen LogP contribution in [0.2, 0.25) is 0 Å². The standard InChI is InChI=1S/C22H29N3O4S/c1-5-25(6-2)30(28,29)19-11-9-18(10-12-19)13-14-23-21(26)22(27)24-20-15-16(3)7-8-17(20)4/h7-12,15H,5-6,13-14H2,1-4H3,(H,23,26)(H,24,27). The number of anilines is 1. The van der Waals surface area contributed by atoms with Gasteiger partial charge in [-0.1, -0.05) is 38.1 Å². The molecule has 2 N–H and O–H groups in total. The fourth-order valence-corrected chi connectivity index (χ4v) is 4.45. The summed E-state index contributed by atoms with van der Waals surface area (Å²) in [7, 11) is -3.49. The van der Waals surface area contributed by atoms with E-state index >= 15 is 0 Å². The van der Waals surface area contributed by atoms with Gasteiger partial charge in [0.05, 0.1) is 4.90 Å². The Morgan fingerprint density at radius 2 is 1.57 bits per heavy atom. The van der Waals surface area contributed by atoms with Crippen molar-refractivity contribution in [2.75, 3.05) is 25.0 Å². The molecule has 0 heterocycles. The molecule has 0 aliphatic carbocycles. The monoisotopic (exact) mass is 431 g/mol. The van der Waals surface area contributed by atoms with Gasteiger partial charge < -0.3 is 10.6 Å². The molecule has 2 aromatic carbocycles. The third-order valence-corrected chi connectivity index (χ3v) is 6.88. The number of rotatable bonds is 8. The van der Waals surface area contributed by atoms with Gasteiger partial charge in [0.15, 0.2) is 0 Å². The number of hydrogen-bond acceptors (Lipinski definition) is 4. The van der Waals surface area contributed by atoms with E-state index in [-0.39, 0.29) is 11.4 Å². The highest BCUT2D eigenvalue weighted by molar-refractivity contribution is 7.89. The second-order valence-electron chi connectivity index (χ2n) is 7.01. The number of carbonyl (C=O) groups excluding carboxylic acids is 2.